The molecule has 10 nitrogen and oxygen atoms in total. The number of hydrogen-bond acceptors (Lipinski definition) is 8. The summed E-state index contributed by atoms with van der Waals surface area (Å²) >= 11 is 0. The van der Waals surface area contributed by atoms with Crippen LogP contribution in [0.15, 0.2) is 48.5 Å². The van der Waals surface area contributed by atoms with Crippen LogP contribution in [-0.4, -0.2) is 103 Å². The lowest BCUT2D eigenvalue weighted by atomic mass is 9.99. The summed E-state index contributed by atoms with van der Waals surface area (Å²) in [6.07, 6.45) is 1.38. The fourth-order valence-corrected chi connectivity index (χ4v) is 5.47. The van der Waals surface area contributed by atoms with Crippen LogP contribution in [0.3, 0.4) is 0 Å². The molecule has 1 saturated heterocycles. The van der Waals surface area contributed by atoms with Gasteiger partial charge in [0.15, 0.2) is 11.5 Å². The van der Waals surface area contributed by atoms with Crippen LogP contribution in [0.5, 0.6) is 11.5 Å². The van der Waals surface area contributed by atoms with Crippen molar-refractivity contribution in [1.29, 1.82) is 0 Å². The Labute approximate surface area is 258 Å². The first kappa shape index (κ1) is 33.4. The van der Waals surface area contributed by atoms with Crippen molar-refractivity contribution in [2.75, 3.05) is 46.8 Å². The molecular weight excluding hydrogens is 571 g/mol. The molecule has 4 rings (SSSR count). The SMILES string of the molecule is CO[C@@H]1CN(C(=O)c2ccccc2F)C[C@@H](CC(C)C)N(C(=O)/C=C/c2ccc3c(c2)OCO3)CCCCOC[C@@H](O)[C@H]1O. The van der Waals surface area contributed by atoms with E-state index in [1.54, 1.807) is 29.2 Å². The summed E-state index contributed by atoms with van der Waals surface area (Å²) in [6.45, 7) is 4.74. The van der Waals surface area contributed by atoms with Crippen molar-refractivity contribution in [2.45, 2.75) is 57.5 Å². The van der Waals surface area contributed by atoms with Crippen LogP contribution in [0.1, 0.15) is 49.0 Å². The highest BCUT2D eigenvalue weighted by Gasteiger charge is 2.34. The lowest BCUT2D eigenvalue weighted by Crippen LogP contribution is -2.53. The molecular formula is C33H43FN2O8. The smallest absolute Gasteiger partial charge is 0.256 e. The van der Waals surface area contributed by atoms with Gasteiger partial charge in [0.1, 0.15) is 24.1 Å². The largest absolute Gasteiger partial charge is 0.454 e. The lowest BCUT2D eigenvalue weighted by Gasteiger charge is -2.38. The van der Waals surface area contributed by atoms with Crippen LogP contribution in [0.4, 0.5) is 4.39 Å². The molecule has 0 aliphatic carbocycles. The molecule has 2 N–H and O–H groups in total. The van der Waals surface area contributed by atoms with Crippen LogP contribution in [0.2, 0.25) is 0 Å². The van der Waals surface area contributed by atoms with Crippen molar-refractivity contribution < 1.29 is 43.1 Å². The van der Waals surface area contributed by atoms with E-state index in [4.69, 9.17) is 18.9 Å². The third-order valence-corrected chi connectivity index (χ3v) is 7.81. The quantitative estimate of drug-likeness (QED) is 0.475. The number of carbonyl (C=O) groups is 2. The van der Waals surface area contributed by atoms with Gasteiger partial charge in [0.2, 0.25) is 12.7 Å². The third kappa shape index (κ3) is 8.78. The van der Waals surface area contributed by atoms with Crippen molar-refractivity contribution in [3.8, 4) is 11.5 Å². The first-order chi connectivity index (χ1) is 21.2. The summed E-state index contributed by atoms with van der Waals surface area (Å²) in [4.78, 5) is 30.8. The summed E-state index contributed by atoms with van der Waals surface area (Å²) in [5.74, 6) is -0.108. The number of nitrogens with zero attached hydrogens (tertiary/aromatic N) is 2. The number of carbonyl (C=O) groups excluding carboxylic acids is 2. The molecule has 11 heteroatoms. The topological polar surface area (TPSA) is 118 Å². The second-order valence-corrected chi connectivity index (χ2v) is 11.6. The number of rotatable bonds is 6. The lowest BCUT2D eigenvalue weighted by molar-refractivity contribution is -0.130. The maximum absolute atomic E-state index is 14.8. The van der Waals surface area contributed by atoms with Gasteiger partial charge >= 0.3 is 0 Å². The Kier molecular flexibility index (Phi) is 12.1. The molecule has 2 aliphatic rings. The van der Waals surface area contributed by atoms with Crippen LogP contribution in [0.25, 0.3) is 6.08 Å². The Bertz CT molecular complexity index is 1290. The van der Waals surface area contributed by atoms with Crippen LogP contribution in [-0.2, 0) is 14.3 Å². The van der Waals surface area contributed by atoms with Gasteiger partial charge in [-0.15, -0.1) is 0 Å². The third-order valence-electron chi connectivity index (χ3n) is 7.81. The van der Waals surface area contributed by atoms with E-state index in [2.05, 4.69) is 0 Å². The zero-order valence-electron chi connectivity index (χ0n) is 25.6. The van der Waals surface area contributed by atoms with Crippen LogP contribution >= 0.6 is 0 Å². The van der Waals surface area contributed by atoms with Crippen LogP contribution < -0.4 is 9.47 Å². The van der Waals surface area contributed by atoms with Gasteiger partial charge < -0.3 is 39.0 Å². The predicted molar refractivity (Wildman–Crippen MR) is 162 cm³/mol. The predicted octanol–water partition coefficient (Wildman–Crippen LogP) is 3.50. The minimum atomic E-state index is -1.37. The number of aliphatic hydroxyl groups is 2. The Morgan fingerprint density at radius 3 is 2.61 bits per heavy atom. The van der Waals surface area contributed by atoms with E-state index in [9.17, 15) is 24.2 Å². The molecule has 44 heavy (non-hydrogen) atoms. The highest BCUT2D eigenvalue weighted by Crippen LogP contribution is 2.33. The Morgan fingerprint density at radius 1 is 1.09 bits per heavy atom. The number of methoxy groups -OCH3 is 1. The van der Waals surface area contributed by atoms with Gasteiger partial charge in [-0.05, 0) is 61.1 Å². The number of amides is 2. The van der Waals surface area contributed by atoms with Gasteiger partial charge in [-0.2, -0.15) is 0 Å². The average Bonchev–Trinajstić information content (AvgIpc) is 3.48. The van der Waals surface area contributed by atoms with Gasteiger partial charge in [0.05, 0.1) is 12.2 Å². The number of benzene rings is 2. The van der Waals surface area contributed by atoms with Crippen LogP contribution in [0, 0.1) is 11.7 Å². The van der Waals surface area contributed by atoms with Gasteiger partial charge in [0.25, 0.3) is 5.91 Å². The number of halogens is 1. The molecule has 4 atom stereocenters. The van der Waals surface area contributed by atoms with E-state index in [0.29, 0.717) is 43.9 Å². The molecule has 0 saturated carbocycles. The molecule has 2 amide bonds. The standard InChI is InChI=1S/C33H43FN2O8/c1-22(2)16-24-18-35(33(40)25-8-4-5-9-26(25)34)19-30(41-3)32(39)27(37)20-42-15-7-6-14-36(24)31(38)13-11-23-10-12-28-29(17-23)44-21-43-28/h4-5,8-13,17,22,24,27,30,32,37,39H,6-7,14-16,18-21H2,1-3H3/b13-11+/t24-,27-,30-,32-/m1/s1. The van der Waals surface area contributed by atoms with Crippen molar-refractivity contribution in [3.63, 3.8) is 0 Å². The van der Waals surface area contributed by atoms with E-state index in [0.717, 1.165) is 5.56 Å². The Morgan fingerprint density at radius 2 is 1.86 bits per heavy atom. The highest BCUT2D eigenvalue weighted by molar-refractivity contribution is 5.95. The van der Waals surface area contributed by atoms with Gasteiger partial charge in [-0.3, -0.25) is 9.59 Å². The second kappa shape index (κ2) is 16.0. The molecule has 2 aliphatic heterocycles. The molecule has 240 valence electrons. The zero-order chi connectivity index (χ0) is 31.6. The molecule has 2 aromatic rings. The summed E-state index contributed by atoms with van der Waals surface area (Å²) in [7, 11) is 1.37. The van der Waals surface area contributed by atoms with Gasteiger partial charge in [-0.25, -0.2) is 4.39 Å². The minimum Gasteiger partial charge on any atom is -0.454 e. The van der Waals surface area contributed by atoms with Gasteiger partial charge in [-0.1, -0.05) is 32.0 Å². The maximum atomic E-state index is 14.8. The minimum absolute atomic E-state index is 0.0636. The number of fused-ring (bicyclic) bond motifs is 1. The molecule has 2 aromatic carbocycles. The fourth-order valence-electron chi connectivity index (χ4n) is 5.47. The summed E-state index contributed by atoms with van der Waals surface area (Å²) < 4.78 is 36.8. The van der Waals surface area contributed by atoms with E-state index < -0.39 is 36.1 Å². The zero-order valence-corrected chi connectivity index (χ0v) is 25.6. The number of aliphatic hydroxyl groups excluding tert-OH is 2. The number of hydrogen-bond donors (Lipinski definition) is 2. The molecule has 0 aromatic heterocycles. The van der Waals surface area contributed by atoms with E-state index >= 15 is 0 Å². The highest BCUT2D eigenvalue weighted by atomic mass is 19.1. The summed E-state index contributed by atoms with van der Waals surface area (Å²) in [5, 5.41) is 21.5. The molecule has 0 radical (unpaired) electrons. The maximum Gasteiger partial charge on any atom is 0.256 e. The molecule has 0 spiro atoms. The Hall–Kier alpha value is -3.51. The molecule has 0 unspecified atom stereocenters. The fraction of sp³-hybridized carbons (Fsp3) is 0.515. The first-order valence-electron chi connectivity index (χ1n) is 15.1. The summed E-state index contributed by atoms with van der Waals surface area (Å²) in [6, 6.07) is 10.7. The van der Waals surface area contributed by atoms with Crippen molar-refractivity contribution in [1.82, 2.24) is 9.80 Å². The van der Waals surface area contributed by atoms with E-state index in [1.165, 1.54) is 36.3 Å². The summed E-state index contributed by atoms with van der Waals surface area (Å²) in [5.41, 5.74) is 0.635. The van der Waals surface area contributed by atoms with Crippen molar-refractivity contribution in [3.05, 3.63) is 65.5 Å². The molecule has 2 heterocycles. The monoisotopic (exact) mass is 614 g/mol. The van der Waals surface area contributed by atoms with Crippen molar-refractivity contribution in [2.24, 2.45) is 5.92 Å². The van der Waals surface area contributed by atoms with Crippen molar-refractivity contribution >= 4 is 17.9 Å². The van der Waals surface area contributed by atoms with E-state index in [-0.39, 0.29) is 43.9 Å². The second-order valence-electron chi connectivity index (χ2n) is 11.6. The molecule has 1 fully saturated rings. The first-order valence-corrected chi connectivity index (χ1v) is 15.1. The van der Waals surface area contributed by atoms with Gasteiger partial charge in [0, 0.05) is 45.5 Å². The molecule has 0 bridgehead atoms. The van der Waals surface area contributed by atoms with E-state index in [1.807, 2.05) is 19.9 Å². The number of ether oxygens (including phenoxy) is 4. The average molecular weight is 615 g/mol. The Balaban J connectivity index is 1.68. The normalized spacial score (nSPS) is 23.6.